The van der Waals surface area contributed by atoms with Gasteiger partial charge in [0, 0.05) is 23.6 Å². The van der Waals surface area contributed by atoms with Crippen molar-refractivity contribution in [1.29, 1.82) is 0 Å². The number of amides is 1. The molecule has 2 heterocycles. The summed E-state index contributed by atoms with van der Waals surface area (Å²) in [5.74, 6) is 0.0551. The Morgan fingerprint density at radius 2 is 1.79 bits per heavy atom. The van der Waals surface area contributed by atoms with Crippen molar-refractivity contribution in [3.05, 3.63) is 90.5 Å². The highest BCUT2D eigenvalue weighted by Gasteiger charge is 2.14. The number of halogens is 1. The second kappa shape index (κ2) is 10.5. The molecule has 2 aromatic heterocycles. The minimum atomic E-state index is -3.38. The lowest BCUT2D eigenvalue weighted by Crippen LogP contribution is -2.14. The highest BCUT2D eigenvalue weighted by atomic mass is 32.2. The maximum atomic E-state index is 13.1. The Hall–Kier alpha value is -4.84. The van der Waals surface area contributed by atoms with Crippen molar-refractivity contribution < 1.29 is 22.3 Å². The molecule has 0 fully saturated rings. The van der Waals surface area contributed by atoms with Gasteiger partial charge in [0.25, 0.3) is 0 Å². The van der Waals surface area contributed by atoms with Crippen LogP contribution in [0.15, 0.2) is 84.0 Å². The van der Waals surface area contributed by atoms with E-state index >= 15 is 0 Å². The van der Waals surface area contributed by atoms with Gasteiger partial charge in [-0.15, -0.1) is 5.10 Å². The molecule has 12 heteroatoms. The summed E-state index contributed by atoms with van der Waals surface area (Å²) < 4.78 is 43.6. The second-order valence-corrected chi connectivity index (χ2v) is 10.7. The fraction of sp³-hybridized carbons (Fsp3) is 0.111. The van der Waals surface area contributed by atoms with E-state index in [1.54, 1.807) is 47.2 Å². The van der Waals surface area contributed by atoms with Crippen LogP contribution in [0.1, 0.15) is 5.56 Å². The molecular formula is C27H23FN6O4S. The van der Waals surface area contributed by atoms with Gasteiger partial charge in [-0.3, -0.25) is 9.78 Å². The average Bonchev–Trinajstić information content (AvgIpc) is 3.31. The number of rotatable bonds is 8. The van der Waals surface area contributed by atoms with Crippen molar-refractivity contribution in [2.24, 2.45) is 0 Å². The van der Waals surface area contributed by atoms with Crippen LogP contribution < -0.4 is 15.4 Å². The first-order chi connectivity index (χ1) is 18.7. The molecular weight excluding hydrogens is 523 g/mol. The number of aromatic nitrogens is 4. The molecule has 0 bridgehead atoms. The summed E-state index contributed by atoms with van der Waals surface area (Å²) in [4.78, 5) is 21.3. The summed E-state index contributed by atoms with van der Waals surface area (Å²) in [6.07, 6.45) is 4.56. The van der Waals surface area contributed by atoms with Gasteiger partial charge in [0.2, 0.25) is 11.9 Å². The van der Waals surface area contributed by atoms with Crippen LogP contribution in [-0.2, 0) is 21.1 Å². The average molecular weight is 547 g/mol. The molecule has 0 unspecified atom stereocenters. The fourth-order valence-corrected chi connectivity index (χ4v) is 4.48. The number of carbonyl (C=O) groups excluding carboxylic acids is 1. The van der Waals surface area contributed by atoms with E-state index in [1.807, 2.05) is 12.1 Å². The van der Waals surface area contributed by atoms with E-state index in [-0.39, 0.29) is 29.0 Å². The molecule has 1 amide bonds. The van der Waals surface area contributed by atoms with Gasteiger partial charge in [-0.05, 0) is 42.0 Å². The molecule has 10 nitrogen and oxygen atoms in total. The fourth-order valence-electron chi connectivity index (χ4n) is 3.84. The van der Waals surface area contributed by atoms with Gasteiger partial charge >= 0.3 is 0 Å². The number of nitrogens with one attached hydrogen (secondary N) is 2. The number of benzene rings is 3. The Morgan fingerprint density at radius 3 is 2.49 bits per heavy atom. The highest BCUT2D eigenvalue weighted by molar-refractivity contribution is 7.90. The van der Waals surface area contributed by atoms with Gasteiger partial charge < -0.3 is 15.4 Å². The molecule has 198 valence electrons. The topological polar surface area (TPSA) is 128 Å². The van der Waals surface area contributed by atoms with Crippen LogP contribution in [0.2, 0.25) is 0 Å². The standard InChI is InChI=1S/C27H23FN6O4S/c1-38-24-14-21(39(2,36)37)11-12-22(24)31-27-32-25-15-29-23(16-34(25)33-27)18-5-9-20(10-6-18)30-26(35)13-17-3-7-19(28)8-4-17/h3-12,14-16H,13H2,1-2H3,(H,30,35)(H,31,33). The highest BCUT2D eigenvalue weighted by Crippen LogP contribution is 2.30. The Kier molecular flexibility index (Phi) is 6.94. The SMILES string of the molecule is COc1cc(S(C)(=O)=O)ccc1Nc1nc2cnc(-c3ccc(NC(=O)Cc4ccc(F)cc4)cc3)cn2n1. The van der Waals surface area contributed by atoms with Crippen LogP contribution in [-0.4, -0.2) is 47.3 Å². The number of methoxy groups -OCH3 is 1. The smallest absolute Gasteiger partial charge is 0.247 e. The van der Waals surface area contributed by atoms with Gasteiger partial charge in [0.05, 0.1) is 42.2 Å². The first-order valence-electron chi connectivity index (χ1n) is 11.7. The first kappa shape index (κ1) is 25.8. The molecule has 0 atom stereocenters. The molecule has 3 aromatic carbocycles. The second-order valence-electron chi connectivity index (χ2n) is 8.70. The summed E-state index contributed by atoms with van der Waals surface area (Å²) >= 11 is 0. The van der Waals surface area contributed by atoms with Crippen molar-refractivity contribution in [3.8, 4) is 17.0 Å². The molecule has 0 aliphatic rings. The van der Waals surface area contributed by atoms with E-state index in [1.165, 1.54) is 31.4 Å². The van der Waals surface area contributed by atoms with Gasteiger partial charge in [0.15, 0.2) is 15.5 Å². The van der Waals surface area contributed by atoms with Crippen LogP contribution in [0.3, 0.4) is 0 Å². The summed E-state index contributed by atoms with van der Waals surface area (Å²) in [5, 5.41) is 10.3. The number of sulfone groups is 1. The zero-order valence-corrected chi connectivity index (χ0v) is 21.7. The number of carbonyl (C=O) groups is 1. The van der Waals surface area contributed by atoms with Crippen molar-refractivity contribution in [2.75, 3.05) is 24.0 Å². The summed E-state index contributed by atoms with van der Waals surface area (Å²) in [7, 11) is -1.94. The molecule has 0 radical (unpaired) electrons. The van der Waals surface area contributed by atoms with Crippen LogP contribution in [0, 0.1) is 5.82 Å². The summed E-state index contributed by atoms with van der Waals surface area (Å²) in [6.45, 7) is 0. The molecule has 0 aliphatic heterocycles. The van der Waals surface area contributed by atoms with E-state index in [2.05, 4.69) is 25.7 Å². The van der Waals surface area contributed by atoms with E-state index < -0.39 is 9.84 Å². The first-order valence-corrected chi connectivity index (χ1v) is 13.6. The van der Waals surface area contributed by atoms with E-state index in [0.29, 0.717) is 34.0 Å². The van der Waals surface area contributed by atoms with Gasteiger partial charge in [0.1, 0.15) is 11.6 Å². The Morgan fingerprint density at radius 1 is 1.05 bits per heavy atom. The summed E-state index contributed by atoms with van der Waals surface area (Å²) in [5.41, 5.74) is 3.78. The van der Waals surface area contributed by atoms with Gasteiger partial charge in [-0.25, -0.2) is 17.3 Å². The monoisotopic (exact) mass is 546 g/mol. The minimum absolute atomic E-state index is 0.136. The molecule has 39 heavy (non-hydrogen) atoms. The Bertz CT molecular complexity index is 1770. The molecule has 0 spiro atoms. The molecule has 5 rings (SSSR count). The van der Waals surface area contributed by atoms with Crippen LogP contribution >= 0.6 is 0 Å². The van der Waals surface area contributed by atoms with E-state index in [9.17, 15) is 17.6 Å². The number of hydrogen-bond acceptors (Lipinski definition) is 8. The lowest BCUT2D eigenvalue weighted by atomic mass is 10.1. The third-order valence-electron chi connectivity index (χ3n) is 5.81. The third-order valence-corrected chi connectivity index (χ3v) is 6.92. The lowest BCUT2D eigenvalue weighted by Gasteiger charge is -2.10. The zero-order chi connectivity index (χ0) is 27.6. The third kappa shape index (κ3) is 6.02. The van der Waals surface area contributed by atoms with Crippen LogP contribution in [0.4, 0.5) is 21.7 Å². The van der Waals surface area contributed by atoms with Crippen molar-refractivity contribution in [2.45, 2.75) is 11.3 Å². The maximum absolute atomic E-state index is 13.1. The molecule has 2 N–H and O–H groups in total. The number of fused-ring (bicyclic) bond motifs is 1. The van der Waals surface area contributed by atoms with Gasteiger partial charge in [-0.2, -0.15) is 4.98 Å². The molecule has 5 aromatic rings. The predicted octanol–water partition coefficient (Wildman–Crippen LogP) is 4.27. The maximum Gasteiger partial charge on any atom is 0.247 e. The number of anilines is 3. The lowest BCUT2D eigenvalue weighted by molar-refractivity contribution is -0.115. The van der Waals surface area contributed by atoms with E-state index in [4.69, 9.17) is 4.74 Å². The number of nitrogens with zero attached hydrogens (tertiary/aromatic N) is 4. The van der Waals surface area contributed by atoms with E-state index in [0.717, 1.165) is 11.8 Å². The zero-order valence-electron chi connectivity index (χ0n) is 20.9. The largest absolute Gasteiger partial charge is 0.495 e. The van der Waals surface area contributed by atoms with Crippen LogP contribution in [0.25, 0.3) is 16.9 Å². The predicted molar refractivity (Wildman–Crippen MR) is 144 cm³/mol. The molecule has 0 saturated carbocycles. The van der Waals surface area contributed by atoms with Crippen molar-refractivity contribution in [3.63, 3.8) is 0 Å². The van der Waals surface area contributed by atoms with Crippen molar-refractivity contribution in [1.82, 2.24) is 19.6 Å². The molecule has 0 aliphatic carbocycles. The number of hydrogen-bond donors (Lipinski definition) is 2. The number of ether oxygens (including phenoxy) is 1. The quantitative estimate of drug-likeness (QED) is 0.295. The molecule has 0 saturated heterocycles. The van der Waals surface area contributed by atoms with Crippen LogP contribution in [0.5, 0.6) is 5.75 Å². The Balaban J connectivity index is 1.29. The minimum Gasteiger partial charge on any atom is -0.495 e. The van der Waals surface area contributed by atoms with Crippen molar-refractivity contribution >= 4 is 38.7 Å². The Labute approximate surface area is 223 Å². The van der Waals surface area contributed by atoms with Gasteiger partial charge in [-0.1, -0.05) is 24.3 Å². The summed E-state index contributed by atoms with van der Waals surface area (Å²) in [6, 6.07) is 17.5. The normalized spacial score (nSPS) is 11.4.